The summed E-state index contributed by atoms with van der Waals surface area (Å²) < 4.78 is 6.66. The first-order valence-electron chi connectivity index (χ1n) is 6.64. The van der Waals surface area contributed by atoms with Crippen LogP contribution in [-0.4, -0.2) is 21.4 Å². The lowest BCUT2D eigenvalue weighted by atomic mass is 9.94. The van der Waals surface area contributed by atoms with E-state index in [0.29, 0.717) is 36.3 Å². The molecule has 3 rings (SSSR count). The molecule has 108 valence electrons. The van der Waals surface area contributed by atoms with Crippen molar-refractivity contribution in [2.45, 2.75) is 25.8 Å². The third kappa shape index (κ3) is 2.40. The summed E-state index contributed by atoms with van der Waals surface area (Å²) in [6.45, 7) is 0.128. The summed E-state index contributed by atoms with van der Waals surface area (Å²) in [5.74, 6) is -0.908. The number of aromatic carboxylic acids is 1. The molecule has 0 aliphatic heterocycles. The predicted octanol–water partition coefficient (Wildman–Crippen LogP) is 1.71. The Bertz CT molecular complexity index is 784. The number of carboxylic acid groups (broad SMARTS) is 1. The maximum Gasteiger partial charge on any atom is 0.371 e. The minimum absolute atomic E-state index is 0.0377. The van der Waals surface area contributed by atoms with Crippen molar-refractivity contribution in [3.8, 4) is 0 Å². The zero-order valence-corrected chi connectivity index (χ0v) is 11.2. The Kier molecular flexibility index (Phi) is 3.21. The fourth-order valence-corrected chi connectivity index (χ4v) is 2.60. The summed E-state index contributed by atoms with van der Waals surface area (Å²) in [5.41, 5.74) is 1.05. The molecule has 21 heavy (non-hydrogen) atoms. The van der Waals surface area contributed by atoms with Crippen molar-refractivity contribution in [1.29, 1.82) is 0 Å². The molecular weight excluding hydrogens is 274 g/mol. The number of ketones is 1. The van der Waals surface area contributed by atoms with E-state index in [0.717, 1.165) is 0 Å². The van der Waals surface area contributed by atoms with Gasteiger partial charge in [-0.25, -0.2) is 4.79 Å². The van der Waals surface area contributed by atoms with Gasteiger partial charge in [0, 0.05) is 23.7 Å². The fraction of sp³-hybridized carbons (Fsp3) is 0.267. The molecule has 0 spiro atoms. The molecular formula is C15H13NO5. The average molecular weight is 287 g/mol. The minimum Gasteiger partial charge on any atom is -0.475 e. The average Bonchev–Trinajstić information content (AvgIpc) is 2.91. The second-order valence-corrected chi connectivity index (χ2v) is 4.97. The number of carboxylic acids is 1. The quantitative estimate of drug-likeness (QED) is 0.928. The van der Waals surface area contributed by atoms with Gasteiger partial charge in [-0.1, -0.05) is 0 Å². The number of rotatable bonds is 3. The topological polar surface area (TPSA) is 89.5 Å². The molecule has 0 fully saturated rings. The summed E-state index contributed by atoms with van der Waals surface area (Å²) in [4.78, 5) is 34.7. The van der Waals surface area contributed by atoms with Crippen LogP contribution in [0.4, 0.5) is 0 Å². The molecule has 1 N–H and O–H groups in total. The smallest absolute Gasteiger partial charge is 0.371 e. The highest BCUT2D eigenvalue weighted by molar-refractivity contribution is 5.98. The summed E-state index contributed by atoms with van der Waals surface area (Å²) in [5, 5.41) is 8.84. The van der Waals surface area contributed by atoms with E-state index in [9.17, 15) is 14.4 Å². The van der Waals surface area contributed by atoms with Crippen LogP contribution in [0.15, 0.2) is 33.5 Å². The van der Waals surface area contributed by atoms with Gasteiger partial charge >= 0.3 is 5.97 Å². The van der Waals surface area contributed by atoms with Gasteiger partial charge in [0.05, 0.1) is 6.54 Å². The maximum atomic E-state index is 12.0. The van der Waals surface area contributed by atoms with Crippen LogP contribution in [0.5, 0.6) is 0 Å². The molecule has 6 heteroatoms. The van der Waals surface area contributed by atoms with Crippen LogP contribution < -0.4 is 5.56 Å². The minimum atomic E-state index is -1.15. The van der Waals surface area contributed by atoms with Crippen molar-refractivity contribution in [2.75, 3.05) is 0 Å². The monoisotopic (exact) mass is 287 g/mol. The molecule has 0 atom stereocenters. The van der Waals surface area contributed by atoms with Gasteiger partial charge in [-0.05, 0) is 31.0 Å². The number of hydrogen-bond acceptors (Lipinski definition) is 4. The summed E-state index contributed by atoms with van der Waals surface area (Å²) in [6, 6.07) is 5.81. The van der Waals surface area contributed by atoms with E-state index in [4.69, 9.17) is 9.52 Å². The number of fused-ring (bicyclic) bond motifs is 1. The second-order valence-electron chi connectivity index (χ2n) is 4.97. The van der Waals surface area contributed by atoms with Crippen LogP contribution in [0.25, 0.3) is 0 Å². The zero-order valence-electron chi connectivity index (χ0n) is 11.2. The number of Topliss-reactive ketones (excluding diaryl/α,β-unsaturated/α-hetero) is 1. The molecule has 0 saturated heterocycles. The number of pyridine rings is 1. The Labute approximate surface area is 119 Å². The highest BCUT2D eigenvalue weighted by Gasteiger charge is 2.21. The molecule has 1 aliphatic rings. The van der Waals surface area contributed by atoms with Gasteiger partial charge in [-0.3, -0.25) is 9.59 Å². The molecule has 0 amide bonds. The number of hydrogen-bond donors (Lipinski definition) is 1. The zero-order chi connectivity index (χ0) is 15.0. The van der Waals surface area contributed by atoms with Gasteiger partial charge in [0.1, 0.15) is 5.76 Å². The van der Waals surface area contributed by atoms with Gasteiger partial charge in [-0.15, -0.1) is 0 Å². The molecule has 2 heterocycles. The second kappa shape index (κ2) is 5.05. The van der Waals surface area contributed by atoms with Crippen molar-refractivity contribution in [3.63, 3.8) is 0 Å². The maximum absolute atomic E-state index is 12.0. The molecule has 1 aliphatic carbocycles. The molecule has 0 aromatic carbocycles. The summed E-state index contributed by atoms with van der Waals surface area (Å²) >= 11 is 0. The van der Waals surface area contributed by atoms with E-state index in [2.05, 4.69) is 0 Å². The van der Waals surface area contributed by atoms with Crippen molar-refractivity contribution < 1.29 is 19.1 Å². The van der Waals surface area contributed by atoms with Crippen molar-refractivity contribution in [2.24, 2.45) is 0 Å². The predicted molar refractivity (Wildman–Crippen MR) is 72.7 cm³/mol. The SMILES string of the molecule is O=C(O)c1ccc(Cn2c3c(ccc2=O)C(=O)CCC3)o1. The lowest BCUT2D eigenvalue weighted by molar-refractivity contribution is 0.0660. The van der Waals surface area contributed by atoms with E-state index < -0.39 is 5.97 Å². The molecule has 0 saturated carbocycles. The van der Waals surface area contributed by atoms with Crippen molar-refractivity contribution in [1.82, 2.24) is 4.57 Å². The molecule has 0 bridgehead atoms. The van der Waals surface area contributed by atoms with Crippen molar-refractivity contribution >= 4 is 11.8 Å². The van der Waals surface area contributed by atoms with E-state index in [1.165, 1.54) is 22.8 Å². The van der Waals surface area contributed by atoms with Gasteiger partial charge in [0.25, 0.3) is 5.56 Å². The lowest BCUT2D eigenvalue weighted by Gasteiger charge is -2.19. The van der Waals surface area contributed by atoms with Crippen LogP contribution in [-0.2, 0) is 13.0 Å². The van der Waals surface area contributed by atoms with Crippen LogP contribution in [0.3, 0.4) is 0 Å². The van der Waals surface area contributed by atoms with Gasteiger partial charge in [0.2, 0.25) is 5.76 Å². The lowest BCUT2D eigenvalue weighted by Crippen LogP contribution is -2.28. The Morgan fingerprint density at radius 3 is 2.71 bits per heavy atom. The molecule has 0 radical (unpaired) electrons. The van der Waals surface area contributed by atoms with Gasteiger partial charge in [0.15, 0.2) is 5.78 Å². The Hall–Kier alpha value is -2.63. The Balaban J connectivity index is 2.01. The third-order valence-electron chi connectivity index (χ3n) is 3.60. The third-order valence-corrected chi connectivity index (χ3v) is 3.60. The summed E-state index contributed by atoms with van der Waals surface area (Å²) in [7, 11) is 0. The highest BCUT2D eigenvalue weighted by Crippen LogP contribution is 2.20. The van der Waals surface area contributed by atoms with E-state index in [-0.39, 0.29) is 23.6 Å². The first-order chi connectivity index (χ1) is 10.1. The van der Waals surface area contributed by atoms with Crippen LogP contribution >= 0.6 is 0 Å². The van der Waals surface area contributed by atoms with Gasteiger partial charge in [-0.2, -0.15) is 0 Å². The summed E-state index contributed by atoms with van der Waals surface area (Å²) in [6.07, 6.45) is 1.87. The standard InChI is InChI=1S/C15H13NO5/c17-12-3-1-2-11-10(12)5-7-14(18)16(11)8-9-4-6-13(21-9)15(19)20/h4-7H,1-3,8H2,(H,19,20). The first-order valence-corrected chi connectivity index (χ1v) is 6.64. The van der Waals surface area contributed by atoms with Crippen molar-refractivity contribution in [3.05, 3.63) is 57.4 Å². The molecule has 0 unspecified atom stereocenters. The molecule has 2 aromatic rings. The molecule has 2 aromatic heterocycles. The number of carbonyl (C=O) groups excluding carboxylic acids is 1. The Morgan fingerprint density at radius 2 is 2.00 bits per heavy atom. The first kappa shape index (κ1) is 13.4. The number of furan rings is 1. The number of carbonyl (C=O) groups is 2. The van der Waals surface area contributed by atoms with E-state index in [1.807, 2.05) is 0 Å². The van der Waals surface area contributed by atoms with E-state index >= 15 is 0 Å². The highest BCUT2D eigenvalue weighted by atomic mass is 16.4. The normalized spacial score (nSPS) is 14.0. The van der Waals surface area contributed by atoms with Crippen LogP contribution in [0, 0.1) is 0 Å². The molecule has 6 nitrogen and oxygen atoms in total. The van der Waals surface area contributed by atoms with Gasteiger partial charge < -0.3 is 14.1 Å². The largest absolute Gasteiger partial charge is 0.475 e. The number of aromatic nitrogens is 1. The number of nitrogens with zero attached hydrogens (tertiary/aromatic N) is 1. The Morgan fingerprint density at radius 1 is 1.19 bits per heavy atom. The van der Waals surface area contributed by atoms with Crippen LogP contribution in [0.1, 0.15) is 45.2 Å². The fourth-order valence-electron chi connectivity index (χ4n) is 2.60. The van der Waals surface area contributed by atoms with Crippen LogP contribution in [0.2, 0.25) is 0 Å². The van der Waals surface area contributed by atoms with E-state index in [1.54, 1.807) is 6.07 Å².